The first-order valence-electron chi connectivity index (χ1n) is 5.91. The van der Waals surface area contributed by atoms with Gasteiger partial charge < -0.3 is 4.74 Å². The Labute approximate surface area is 101 Å². The first-order chi connectivity index (χ1) is 8.43. The van der Waals surface area contributed by atoms with Crippen LogP contribution in [0.25, 0.3) is 11.1 Å². The number of hydrogen-bond acceptors (Lipinski definition) is 2. The fraction of sp³-hybridized carbons (Fsp3) is 0.200. The summed E-state index contributed by atoms with van der Waals surface area (Å²) in [7, 11) is 0. The summed E-state index contributed by atoms with van der Waals surface area (Å²) in [6.07, 6.45) is 0.208. The highest BCUT2D eigenvalue weighted by molar-refractivity contribution is 5.63. The average Bonchev–Trinajstić information content (AvgIpc) is 2.94. The molecule has 1 aliphatic heterocycles. The zero-order valence-electron chi connectivity index (χ0n) is 9.60. The van der Waals surface area contributed by atoms with Gasteiger partial charge in [-0.1, -0.05) is 54.6 Å². The number of rotatable bonds is 2. The van der Waals surface area contributed by atoms with Crippen LogP contribution in [0.1, 0.15) is 11.7 Å². The third-order valence-corrected chi connectivity index (χ3v) is 3.11. The normalized spacial score (nSPS) is 19.4. The molecule has 1 fully saturated rings. The Kier molecular flexibility index (Phi) is 2.90. The lowest BCUT2D eigenvalue weighted by atomic mass is 10.0. The lowest BCUT2D eigenvalue weighted by Gasteiger charge is -2.09. The van der Waals surface area contributed by atoms with Crippen molar-refractivity contribution in [1.29, 1.82) is 0 Å². The van der Waals surface area contributed by atoms with Crippen LogP contribution in [0, 0.1) is 0 Å². The molecule has 0 amide bonds. The molecule has 2 aromatic rings. The minimum Gasteiger partial charge on any atom is -0.357 e. The zero-order chi connectivity index (χ0) is 11.5. The van der Waals surface area contributed by atoms with Crippen LogP contribution in [-0.4, -0.2) is 13.3 Å². The predicted octanol–water partition coefficient (Wildman–Crippen LogP) is 2.97. The van der Waals surface area contributed by atoms with Crippen LogP contribution in [0.5, 0.6) is 0 Å². The largest absolute Gasteiger partial charge is 0.357 e. The van der Waals surface area contributed by atoms with Crippen molar-refractivity contribution in [2.75, 3.05) is 13.3 Å². The SMILES string of the molecule is c1ccc(-c2ccc(C3CNCO3)cc2)cc1. The molecular formula is C15H15NO. The molecule has 2 heteroatoms. The van der Waals surface area contributed by atoms with Crippen LogP contribution in [-0.2, 0) is 4.74 Å². The van der Waals surface area contributed by atoms with Gasteiger partial charge in [-0.05, 0) is 16.7 Å². The molecule has 2 nitrogen and oxygen atoms in total. The summed E-state index contributed by atoms with van der Waals surface area (Å²) < 4.78 is 5.57. The Morgan fingerprint density at radius 2 is 1.59 bits per heavy atom. The molecule has 1 atom stereocenters. The topological polar surface area (TPSA) is 21.3 Å². The molecule has 1 heterocycles. The lowest BCUT2D eigenvalue weighted by molar-refractivity contribution is 0.114. The second kappa shape index (κ2) is 4.70. The van der Waals surface area contributed by atoms with Crippen molar-refractivity contribution in [3.05, 3.63) is 60.2 Å². The lowest BCUT2D eigenvalue weighted by Crippen LogP contribution is -2.07. The van der Waals surface area contributed by atoms with Crippen LogP contribution in [0.4, 0.5) is 0 Å². The van der Waals surface area contributed by atoms with Crippen molar-refractivity contribution in [2.45, 2.75) is 6.10 Å². The molecule has 1 unspecified atom stereocenters. The minimum atomic E-state index is 0.208. The highest BCUT2D eigenvalue weighted by atomic mass is 16.5. The Morgan fingerprint density at radius 3 is 2.24 bits per heavy atom. The van der Waals surface area contributed by atoms with Crippen LogP contribution in [0.15, 0.2) is 54.6 Å². The second-order valence-electron chi connectivity index (χ2n) is 4.24. The van der Waals surface area contributed by atoms with E-state index in [0.29, 0.717) is 6.73 Å². The maximum absolute atomic E-state index is 5.57. The fourth-order valence-electron chi connectivity index (χ4n) is 2.14. The smallest absolute Gasteiger partial charge is 0.0975 e. The number of hydrogen-bond donors (Lipinski definition) is 1. The molecule has 1 N–H and O–H groups in total. The van der Waals surface area contributed by atoms with Gasteiger partial charge in [-0.25, -0.2) is 0 Å². The third-order valence-electron chi connectivity index (χ3n) is 3.11. The molecule has 17 heavy (non-hydrogen) atoms. The summed E-state index contributed by atoms with van der Waals surface area (Å²) in [5, 5.41) is 3.19. The van der Waals surface area contributed by atoms with Crippen molar-refractivity contribution in [1.82, 2.24) is 5.32 Å². The van der Waals surface area contributed by atoms with Crippen LogP contribution < -0.4 is 5.32 Å². The maximum Gasteiger partial charge on any atom is 0.0975 e. The van der Waals surface area contributed by atoms with E-state index >= 15 is 0 Å². The highest BCUT2D eigenvalue weighted by Crippen LogP contribution is 2.24. The van der Waals surface area contributed by atoms with Crippen molar-refractivity contribution < 1.29 is 4.74 Å². The first kappa shape index (κ1) is 10.5. The van der Waals surface area contributed by atoms with Crippen molar-refractivity contribution in [3.63, 3.8) is 0 Å². The summed E-state index contributed by atoms with van der Waals surface area (Å²) in [4.78, 5) is 0. The van der Waals surface area contributed by atoms with E-state index in [4.69, 9.17) is 4.74 Å². The molecule has 1 saturated heterocycles. The molecule has 0 saturated carbocycles. The number of ether oxygens (including phenoxy) is 1. The highest BCUT2D eigenvalue weighted by Gasteiger charge is 2.16. The van der Waals surface area contributed by atoms with Crippen LogP contribution >= 0.6 is 0 Å². The van der Waals surface area contributed by atoms with Crippen molar-refractivity contribution >= 4 is 0 Å². The zero-order valence-corrected chi connectivity index (χ0v) is 9.60. The van der Waals surface area contributed by atoms with Gasteiger partial charge in [-0.15, -0.1) is 0 Å². The predicted molar refractivity (Wildman–Crippen MR) is 68.6 cm³/mol. The van der Waals surface area contributed by atoms with Gasteiger partial charge in [-0.2, -0.15) is 0 Å². The van der Waals surface area contributed by atoms with E-state index in [1.54, 1.807) is 0 Å². The molecule has 2 aromatic carbocycles. The quantitative estimate of drug-likeness (QED) is 0.848. The van der Waals surface area contributed by atoms with Gasteiger partial charge in [0, 0.05) is 6.54 Å². The summed E-state index contributed by atoms with van der Waals surface area (Å²) in [6.45, 7) is 1.57. The Bertz CT molecular complexity index is 472. The molecule has 0 aliphatic carbocycles. The molecule has 0 bridgehead atoms. The monoisotopic (exact) mass is 225 g/mol. The van der Waals surface area contributed by atoms with E-state index in [0.717, 1.165) is 6.54 Å². The van der Waals surface area contributed by atoms with E-state index in [-0.39, 0.29) is 6.10 Å². The number of benzene rings is 2. The van der Waals surface area contributed by atoms with Gasteiger partial charge >= 0.3 is 0 Å². The molecule has 3 rings (SSSR count). The van der Waals surface area contributed by atoms with E-state index in [9.17, 15) is 0 Å². The molecule has 1 aliphatic rings. The van der Waals surface area contributed by atoms with Crippen LogP contribution in [0.3, 0.4) is 0 Å². The van der Waals surface area contributed by atoms with Crippen molar-refractivity contribution in [3.8, 4) is 11.1 Å². The summed E-state index contributed by atoms with van der Waals surface area (Å²) in [5.74, 6) is 0. The first-order valence-corrected chi connectivity index (χ1v) is 5.91. The van der Waals surface area contributed by atoms with E-state index in [1.807, 2.05) is 6.07 Å². The minimum absolute atomic E-state index is 0.208. The maximum atomic E-state index is 5.57. The van der Waals surface area contributed by atoms with E-state index < -0.39 is 0 Å². The third kappa shape index (κ3) is 2.23. The van der Waals surface area contributed by atoms with Gasteiger partial charge in [0.2, 0.25) is 0 Å². The Hall–Kier alpha value is -1.64. The summed E-state index contributed by atoms with van der Waals surface area (Å²) in [5.41, 5.74) is 3.75. The van der Waals surface area contributed by atoms with Gasteiger partial charge in [0.15, 0.2) is 0 Å². The molecular weight excluding hydrogens is 210 g/mol. The molecule has 0 radical (unpaired) electrons. The average molecular weight is 225 g/mol. The van der Waals surface area contributed by atoms with E-state index in [1.165, 1.54) is 16.7 Å². The Morgan fingerprint density at radius 1 is 0.882 bits per heavy atom. The molecule has 0 aromatic heterocycles. The second-order valence-corrected chi connectivity index (χ2v) is 4.24. The van der Waals surface area contributed by atoms with Crippen molar-refractivity contribution in [2.24, 2.45) is 0 Å². The summed E-state index contributed by atoms with van der Waals surface area (Å²) in [6, 6.07) is 19.0. The van der Waals surface area contributed by atoms with Gasteiger partial charge in [0.1, 0.15) is 0 Å². The van der Waals surface area contributed by atoms with Gasteiger partial charge in [0.25, 0.3) is 0 Å². The fourth-order valence-corrected chi connectivity index (χ4v) is 2.14. The standard InChI is InChI=1S/C15H15NO/c1-2-4-12(5-3-1)13-6-8-14(9-7-13)15-10-16-11-17-15/h1-9,15-16H,10-11H2. The van der Waals surface area contributed by atoms with Crippen LogP contribution in [0.2, 0.25) is 0 Å². The Balaban J connectivity index is 1.85. The van der Waals surface area contributed by atoms with Gasteiger partial charge in [0.05, 0.1) is 12.8 Å². The molecule has 0 spiro atoms. The summed E-state index contributed by atoms with van der Waals surface area (Å²) >= 11 is 0. The van der Waals surface area contributed by atoms with E-state index in [2.05, 4.69) is 53.8 Å². The molecule has 86 valence electrons. The number of nitrogens with one attached hydrogen (secondary N) is 1. The van der Waals surface area contributed by atoms with Gasteiger partial charge in [-0.3, -0.25) is 5.32 Å².